The van der Waals surface area contributed by atoms with Crippen LogP contribution in [0.25, 0.3) is 10.8 Å². The zero-order chi connectivity index (χ0) is 12.9. The van der Waals surface area contributed by atoms with Gasteiger partial charge in [0, 0.05) is 11.1 Å². The van der Waals surface area contributed by atoms with E-state index >= 15 is 0 Å². The summed E-state index contributed by atoms with van der Waals surface area (Å²) in [4.78, 5) is 23.9. The quantitative estimate of drug-likeness (QED) is 0.702. The Kier molecular flexibility index (Phi) is 2.20. The lowest BCUT2D eigenvalue weighted by Crippen LogP contribution is -2.12. The van der Waals surface area contributed by atoms with Crippen molar-refractivity contribution in [3.05, 3.63) is 58.7 Å². The first-order chi connectivity index (χ1) is 8.58. The molecule has 2 aromatic rings. The Labute approximate surface area is 105 Å². The van der Waals surface area contributed by atoms with Gasteiger partial charge in [-0.3, -0.25) is 9.59 Å². The number of hydrogen-bond acceptors (Lipinski definition) is 2. The second kappa shape index (κ2) is 3.64. The molecule has 0 fully saturated rings. The van der Waals surface area contributed by atoms with Gasteiger partial charge in [-0.05, 0) is 48.4 Å². The molecule has 0 bridgehead atoms. The second-order valence-electron chi connectivity index (χ2n) is 4.73. The molecule has 0 heterocycles. The van der Waals surface area contributed by atoms with E-state index in [1.54, 1.807) is 0 Å². The number of carbonyl (C=O) groups excluding carboxylic acids is 2. The van der Waals surface area contributed by atoms with Crippen LogP contribution in [0.4, 0.5) is 0 Å². The average Bonchev–Trinajstić information content (AvgIpc) is 2.33. The summed E-state index contributed by atoms with van der Waals surface area (Å²) < 4.78 is 0. The van der Waals surface area contributed by atoms with Gasteiger partial charge in [-0.25, -0.2) is 0 Å². The lowest BCUT2D eigenvalue weighted by atomic mass is 9.87. The summed E-state index contributed by atoms with van der Waals surface area (Å²) in [5, 5.41) is 1.92. The first kappa shape index (κ1) is 10.9. The van der Waals surface area contributed by atoms with Crippen molar-refractivity contribution in [2.75, 3.05) is 0 Å². The molecule has 0 spiro atoms. The van der Waals surface area contributed by atoms with Crippen molar-refractivity contribution in [3.63, 3.8) is 0 Å². The fourth-order valence-electron chi connectivity index (χ4n) is 2.50. The Hall–Kier alpha value is -2.22. The second-order valence-corrected chi connectivity index (χ2v) is 4.73. The summed E-state index contributed by atoms with van der Waals surface area (Å²) in [6.07, 6.45) is 2.72. The molecule has 3 rings (SSSR count). The van der Waals surface area contributed by atoms with Gasteiger partial charge in [-0.15, -0.1) is 0 Å². The fraction of sp³-hybridized carbons (Fsp3) is 0.125. The van der Waals surface area contributed by atoms with E-state index in [4.69, 9.17) is 0 Å². The zero-order valence-electron chi connectivity index (χ0n) is 10.3. The Morgan fingerprint density at radius 1 is 0.833 bits per heavy atom. The van der Waals surface area contributed by atoms with Gasteiger partial charge >= 0.3 is 0 Å². The van der Waals surface area contributed by atoms with Crippen LogP contribution in [0.3, 0.4) is 0 Å². The number of fused-ring (bicyclic) bond motifs is 3. The maximum atomic E-state index is 12.0. The Bertz CT molecular complexity index is 736. The maximum absolute atomic E-state index is 12.0. The van der Waals surface area contributed by atoms with Crippen LogP contribution in [0.15, 0.2) is 36.4 Å². The Morgan fingerprint density at radius 3 is 2.33 bits per heavy atom. The van der Waals surface area contributed by atoms with Crippen molar-refractivity contribution in [1.29, 1.82) is 0 Å². The molecule has 0 saturated heterocycles. The summed E-state index contributed by atoms with van der Waals surface area (Å²) >= 11 is 0. The van der Waals surface area contributed by atoms with Gasteiger partial charge in [0.1, 0.15) is 0 Å². The highest BCUT2D eigenvalue weighted by molar-refractivity contribution is 6.27. The van der Waals surface area contributed by atoms with E-state index in [1.807, 2.05) is 38.1 Å². The third-order valence-corrected chi connectivity index (χ3v) is 3.40. The van der Waals surface area contributed by atoms with Crippen molar-refractivity contribution in [2.24, 2.45) is 0 Å². The van der Waals surface area contributed by atoms with Crippen LogP contribution in [0.1, 0.15) is 31.8 Å². The van der Waals surface area contributed by atoms with E-state index in [-0.39, 0.29) is 11.6 Å². The van der Waals surface area contributed by atoms with Crippen molar-refractivity contribution in [1.82, 2.24) is 0 Å². The van der Waals surface area contributed by atoms with Crippen LogP contribution in [0.2, 0.25) is 0 Å². The number of rotatable bonds is 0. The van der Waals surface area contributed by atoms with Crippen LogP contribution in [-0.4, -0.2) is 11.6 Å². The maximum Gasteiger partial charge on any atom is 0.187 e. The molecule has 0 N–H and O–H groups in total. The smallest absolute Gasteiger partial charge is 0.187 e. The van der Waals surface area contributed by atoms with Crippen molar-refractivity contribution >= 4 is 22.3 Å². The van der Waals surface area contributed by atoms with Crippen molar-refractivity contribution < 1.29 is 9.59 Å². The summed E-state index contributed by atoms with van der Waals surface area (Å²) in [5.74, 6) is -0.170. The minimum absolute atomic E-state index is 0.0831. The molecule has 1 aliphatic rings. The molecular weight excluding hydrogens is 224 g/mol. The van der Waals surface area contributed by atoms with E-state index in [9.17, 15) is 9.59 Å². The third-order valence-electron chi connectivity index (χ3n) is 3.40. The topological polar surface area (TPSA) is 34.1 Å². The molecule has 0 radical (unpaired) electrons. The molecule has 1 aliphatic carbocycles. The van der Waals surface area contributed by atoms with Crippen LogP contribution in [0.5, 0.6) is 0 Å². The predicted octanol–water partition coefficient (Wildman–Crippen LogP) is 3.39. The molecule has 0 aromatic heterocycles. The highest BCUT2D eigenvalue weighted by Gasteiger charge is 2.22. The first-order valence-electron chi connectivity index (χ1n) is 5.88. The van der Waals surface area contributed by atoms with Gasteiger partial charge in [0.25, 0.3) is 0 Å². The van der Waals surface area contributed by atoms with Crippen LogP contribution in [0, 0.1) is 13.8 Å². The summed E-state index contributed by atoms with van der Waals surface area (Å²) in [5.41, 5.74) is 3.19. The lowest BCUT2D eigenvalue weighted by Gasteiger charge is -2.14. The summed E-state index contributed by atoms with van der Waals surface area (Å²) in [7, 11) is 0. The molecule has 18 heavy (non-hydrogen) atoms. The van der Waals surface area contributed by atoms with E-state index in [0.29, 0.717) is 11.1 Å². The summed E-state index contributed by atoms with van der Waals surface area (Å²) in [6.45, 7) is 3.95. The molecule has 88 valence electrons. The molecule has 0 atom stereocenters. The minimum Gasteiger partial charge on any atom is -0.289 e. The van der Waals surface area contributed by atoms with E-state index in [1.165, 1.54) is 12.2 Å². The molecule has 0 aliphatic heterocycles. The van der Waals surface area contributed by atoms with Gasteiger partial charge in [0.05, 0.1) is 0 Å². The van der Waals surface area contributed by atoms with Crippen LogP contribution < -0.4 is 0 Å². The molecule has 0 unspecified atom stereocenters. The van der Waals surface area contributed by atoms with Crippen molar-refractivity contribution in [2.45, 2.75) is 13.8 Å². The largest absolute Gasteiger partial charge is 0.289 e. The Balaban J connectivity index is 2.52. The number of allylic oxidation sites excluding steroid dienone is 2. The average molecular weight is 236 g/mol. The van der Waals surface area contributed by atoms with Gasteiger partial charge in [-0.2, -0.15) is 0 Å². The van der Waals surface area contributed by atoms with Crippen LogP contribution >= 0.6 is 0 Å². The van der Waals surface area contributed by atoms with E-state index < -0.39 is 0 Å². The molecule has 0 amide bonds. The number of benzene rings is 2. The molecular formula is C16H12O2. The predicted molar refractivity (Wildman–Crippen MR) is 71.2 cm³/mol. The van der Waals surface area contributed by atoms with Gasteiger partial charge in [0.15, 0.2) is 11.6 Å². The van der Waals surface area contributed by atoms with E-state index in [0.717, 1.165) is 21.9 Å². The Morgan fingerprint density at radius 2 is 1.56 bits per heavy atom. The molecule has 0 saturated carbocycles. The third kappa shape index (κ3) is 1.42. The molecule has 2 heteroatoms. The van der Waals surface area contributed by atoms with Gasteiger partial charge in [0.2, 0.25) is 0 Å². The van der Waals surface area contributed by atoms with Gasteiger partial charge in [-0.1, -0.05) is 23.8 Å². The van der Waals surface area contributed by atoms with Crippen molar-refractivity contribution in [3.8, 4) is 0 Å². The standard InChI is InChI=1S/C16H12O2/c1-9-3-4-11-10(2)8-13-14(17)5-6-15(18)16(13)12(11)7-9/h3-8H,1-2H3. The normalized spacial score (nSPS) is 14.1. The zero-order valence-corrected chi connectivity index (χ0v) is 10.3. The lowest BCUT2D eigenvalue weighted by molar-refractivity contribution is 0.0995. The monoisotopic (exact) mass is 236 g/mol. The molecule has 2 nitrogen and oxygen atoms in total. The van der Waals surface area contributed by atoms with Gasteiger partial charge < -0.3 is 0 Å². The van der Waals surface area contributed by atoms with E-state index in [2.05, 4.69) is 0 Å². The minimum atomic E-state index is -0.0869. The SMILES string of the molecule is Cc1ccc2c(C)cc3c(c2c1)C(=O)C=CC3=O. The number of hydrogen-bond donors (Lipinski definition) is 0. The number of carbonyl (C=O) groups is 2. The first-order valence-corrected chi connectivity index (χ1v) is 5.88. The highest BCUT2D eigenvalue weighted by atomic mass is 16.1. The molecule has 2 aromatic carbocycles. The fourth-order valence-corrected chi connectivity index (χ4v) is 2.50. The summed E-state index contributed by atoms with van der Waals surface area (Å²) in [6, 6.07) is 7.82. The number of ketones is 2. The number of aryl methyl sites for hydroxylation is 2. The highest BCUT2D eigenvalue weighted by Crippen LogP contribution is 2.30. The van der Waals surface area contributed by atoms with Crippen LogP contribution in [-0.2, 0) is 0 Å².